The molecule has 0 aliphatic heterocycles. The lowest BCUT2D eigenvalue weighted by Gasteiger charge is -2.23. The molecule has 0 bridgehead atoms. The number of aliphatic hydroxyl groups excluding tert-OH is 1. The molecule has 1 saturated carbocycles. The maximum absolute atomic E-state index is 12.0. The Bertz CT molecular complexity index is 455. The van der Waals surface area contributed by atoms with E-state index in [4.69, 9.17) is 11.6 Å². The second-order valence-electron chi connectivity index (χ2n) is 4.94. The minimum Gasteiger partial charge on any atom is -0.393 e. The first-order chi connectivity index (χ1) is 9.06. The van der Waals surface area contributed by atoms with Gasteiger partial charge in [-0.1, -0.05) is 18.0 Å². The molecule has 5 nitrogen and oxygen atoms in total. The molecule has 2 unspecified atom stereocenters. The van der Waals surface area contributed by atoms with Crippen molar-refractivity contribution in [3.8, 4) is 0 Å². The van der Waals surface area contributed by atoms with Crippen molar-refractivity contribution >= 4 is 23.3 Å². The molecule has 1 aromatic rings. The van der Waals surface area contributed by atoms with Gasteiger partial charge in [0.05, 0.1) is 6.10 Å². The van der Waals surface area contributed by atoms with Crippen molar-refractivity contribution < 1.29 is 9.90 Å². The van der Waals surface area contributed by atoms with Crippen LogP contribution < -0.4 is 5.32 Å². The number of carbonyl (C=O) groups excluding carboxylic acids is 1. The molecule has 2 N–H and O–H groups in total. The summed E-state index contributed by atoms with van der Waals surface area (Å²) < 4.78 is 0. The third-order valence-corrected chi connectivity index (χ3v) is 3.66. The van der Waals surface area contributed by atoms with Gasteiger partial charge < -0.3 is 15.3 Å². The molecule has 0 radical (unpaired) electrons. The van der Waals surface area contributed by atoms with E-state index < -0.39 is 0 Å². The molecule has 6 heteroatoms. The van der Waals surface area contributed by atoms with Crippen LogP contribution in [0.15, 0.2) is 18.3 Å². The number of halogens is 1. The van der Waals surface area contributed by atoms with Crippen molar-refractivity contribution in [3.63, 3.8) is 0 Å². The Labute approximate surface area is 117 Å². The van der Waals surface area contributed by atoms with Crippen LogP contribution in [0.25, 0.3) is 0 Å². The molecule has 0 aromatic carbocycles. The summed E-state index contributed by atoms with van der Waals surface area (Å²) in [5, 5.41) is 12.9. The number of urea groups is 1. The fourth-order valence-electron chi connectivity index (χ4n) is 2.36. The summed E-state index contributed by atoms with van der Waals surface area (Å²) in [6, 6.07) is 3.07. The maximum atomic E-state index is 12.0. The second-order valence-corrected chi connectivity index (χ2v) is 5.32. The molecule has 104 valence electrons. The molecule has 19 heavy (non-hydrogen) atoms. The lowest BCUT2D eigenvalue weighted by molar-refractivity contribution is 0.116. The molecule has 1 aliphatic rings. The summed E-state index contributed by atoms with van der Waals surface area (Å²) in [4.78, 5) is 17.4. The first-order valence-corrected chi connectivity index (χ1v) is 6.76. The van der Waals surface area contributed by atoms with Crippen molar-refractivity contribution in [1.82, 2.24) is 9.88 Å². The number of nitrogens with one attached hydrogen (secondary N) is 1. The third kappa shape index (κ3) is 3.81. The Hall–Kier alpha value is -1.33. The van der Waals surface area contributed by atoms with Gasteiger partial charge in [0.25, 0.3) is 0 Å². The number of rotatable bonds is 3. The zero-order chi connectivity index (χ0) is 13.8. The van der Waals surface area contributed by atoms with Crippen molar-refractivity contribution in [2.24, 2.45) is 5.92 Å². The van der Waals surface area contributed by atoms with E-state index in [9.17, 15) is 9.90 Å². The molecule has 1 fully saturated rings. The van der Waals surface area contributed by atoms with Crippen LogP contribution in [-0.2, 0) is 0 Å². The lowest BCUT2D eigenvalue weighted by Crippen LogP contribution is -2.37. The minimum absolute atomic E-state index is 0.178. The van der Waals surface area contributed by atoms with Gasteiger partial charge in [-0.3, -0.25) is 0 Å². The van der Waals surface area contributed by atoms with Crippen LogP contribution in [0.3, 0.4) is 0 Å². The minimum atomic E-state index is -0.286. The van der Waals surface area contributed by atoms with Gasteiger partial charge >= 0.3 is 6.03 Å². The van der Waals surface area contributed by atoms with Gasteiger partial charge in [0.2, 0.25) is 0 Å². The van der Waals surface area contributed by atoms with Crippen LogP contribution >= 0.6 is 11.6 Å². The van der Waals surface area contributed by atoms with Crippen molar-refractivity contribution in [2.45, 2.75) is 25.4 Å². The Kier molecular flexibility index (Phi) is 4.61. The van der Waals surface area contributed by atoms with E-state index in [-0.39, 0.29) is 18.1 Å². The third-order valence-electron chi connectivity index (χ3n) is 3.45. The van der Waals surface area contributed by atoms with Gasteiger partial charge in [-0.15, -0.1) is 0 Å². The number of hydrogen-bond donors (Lipinski definition) is 2. The highest BCUT2D eigenvalue weighted by Gasteiger charge is 2.27. The molecule has 2 rings (SSSR count). The van der Waals surface area contributed by atoms with Gasteiger partial charge in [-0.25, -0.2) is 9.78 Å². The number of aliphatic hydroxyl groups is 1. The first kappa shape index (κ1) is 14.1. The standard InChI is InChI=1S/C13H18ClN3O2/c1-17(8-9-3-2-4-11(9)18)13(19)16-10-5-6-15-12(14)7-10/h5-7,9,11,18H,2-4,8H2,1H3,(H,15,16,19). The van der Waals surface area contributed by atoms with E-state index in [1.807, 2.05) is 0 Å². The van der Waals surface area contributed by atoms with Gasteiger partial charge in [0.1, 0.15) is 5.15 Å². The quantitative estimate of drug-likeness (QED) is 0.837. The fourth-order valence-corrected chi connectivity index (χ4v) is 2.54. The summed E-state index contributed by atoms with van der Waals surface area (Å²) >= 11 is 5.76. The average molecular weight is 284 g/mol. The topological polar surface area (TPSA) is 65.5 Å². The Balaban J connectivity index is 1.88. The Morgan fingerprint density at radius 2 is 2.42 bits per heavy atom. The fraction of sp³-hybridized carbons (Fsp3) is 0.538. The summed E-state index contributed by atoms with van der Waals surface area (Å²) in [7, 11) is 1.73. The number of anilines is 1. The van der Waals surface area contributed by atoms with Crippen molar-refractivity contribution in [1.29, 1.82) is 0 Å². The van der Waals surface area contributed by atoms with Crippen LogP contribution in [-0.4, -0.2) is 40.7 Å². The number of hydrogen-bond acceptors (Lipinski definition) is 3. The number of nitrogens with zero attached hydrogens (tertiary/aromatic N) is 2. The molecule has 2 amide bonds. The van der Waals surface area contributed by atoms with Gasteiger partial charge in [-0.05, 0) is 25.0 Å². The highest BCUT2D eigenvalue weighted by molar-refractivity contribution is 6.29. The maximum Gasteiger partial charge on any atom is 0.321 e. The van der Waals surface area contributed by atoms with Crippen LogP contribution in [0, 0.1) is 5.92 Å². The smallest absolute Gasteiger partial charge is 0.321 e. The molecule has 1 heterocycles. The lowest BCUT2D eigenvalue weighted by atomic mass is 10.1. The highest BCUT2D eigenvalue weighted by atomic mass is 35.5. The number of pyridine rings is 1. The van der Waals surface area contributed by atoms with E-state index in [1.165, 1.54) is 0 Å². The molecular weight excluding hydrogens is 266 g/mol. The van der Waals surface area contributed by atoms with E-state index >= 15 is 0 Å². The molecule has 1 aromatic heterocycles. The van der Waals surface area contributed by atoms with Crippen LogP contribution in [0.1, 0.15) is 19.3 Å². The number of aromatic nitrogens is 1. The van der Waals surface area contributed by atoms with E-state index in [1.54, 1.807) is 30.3 Å². The van der Waals surface area contributed by atoms with E-state index in [0.717, 1.165) is 19.3 Å². The van der Waals surface area contributed by atoms with Gasteiger partial charge in [0, 0.05) is 31.4 Å². The SMILES string of the molecule is CN(CC1CCCC1O)C(=O)Nc1ccnc(Cl)c1. The normalized spacial score (nSPS) is 22.3. The molecule has 1 aliphatic carbocycles. The number of amides is 2. The summed E-state index contributed by atoms with van der Waals surface area (Å²) in [6.07, 6.45) is 4.09. The summed E-state index contributed by atoms with van der Waals surface area (Å²) in [5.74, 6) is 0.178. The zero-order valence-corrected chi connectivity index (χ0v) is 11.6. The monoisotopic (exact) mass is 283 g/mol. The van der Waals surface area contributed by atoms with Gasteiger partial charge in [-0.2, -0.15) is 0 Å². The van der Waals surface area contributed by atoms with E-state index in [0.29, 0.717) is 17.4 Å². The second kappa shape index (κ2) is 6.21. The number of carbonyl (C=O) groups is 1. The predicted octanol–water partition coefficient (Wildman–Crippen LogP) is 2.36. The van der Waals surface area contributed by atoms with Crippen molar-refractivity contribution in [3.05, 3.63) is 23.5 Å². The Morgan fingerprint density at radius 3 is 3.05 bits per heavy atom. The molecule has 0 spiro atoms. The van der Waals surface area contributed by atoms with Gasteiger partial charge in [0.15, 0.2) is 0 Å². The first-order valence-electron chi connectivity index (χ1n) is 6.38. The molecule has 0 saturated heterocycles. The zero-order valence-electron chi connectivity index (χ0n) is 10.8. The largest absolute Gasteiger partial charge is 0.393 e. The van der Waals surface area contributed by atoms with Crippen LogP contribution in [0.4, 0.5) is 10.5 Å². The van der Waals surface area contributed by atoms with Crippen LogP contribution in [0.5, 0.6) is 0 Å². The summed E-state index contributed by atoms with van der Waals surface area (Å²) in [6.45, 7) is 0.561. The average Bonchev–Trinajstić information content (AvgIpc) is 2.75. The van der Waals surface area contributed by atoms with Crippen molar-refractivity contribution in [2.75, 3.05) is 18.9 Å². The molecule has 2 atom stereocenters. The highest BCUT2D eigenvalue weighted by Crippen LogP contribution is 2.26. The Morgan fingerprint density at radius 1 is 1.63 bits per heavy atom. The van der Waals surface area contributed by atoms with Crippen LogP contribution in [0.2, 0.25) is 5.15 Å². The predicted molar refractivity (Wildman–Crippen MR) is 74.2 cm³/mol. The van der Waals surface area contributed by atoms with E-state index in [2.05, 4.69) is 10.3 Å². The molecular formula is C13H18ClN3O2. The summed E-state index contributed by atoms with van der Waals surface area (Å²) in [5.41, 5.74) is 0.615.